The van der Waals surface area contributed by atoms with Crippen molar-refractivity contribution in [2.24, 2.45) is 0 Å². The summed E-state index contributed by atoms with van der Waals surface area (Å²) in [6.07, 6.45) is -2.00. The lowest BCUT2D eigenvalue weighted by Crippen LogP contribution is -2.50. The number of aliphatic hydroxyl groups excluding tert-OH is 2. The van der Waals surface area contributed by atoms with Crippen LogP contribution < -0.4 is 0 Å². The van der Waals surface area contributed by atoms with Crippen molar-refractivity contribution in [2.75, 3.05) is 6.61 Å². The van der Waals surface area contributed by atoms with Gasteiger partial charge in [0, 0.05) is 6.42 Å². The van der Waals surface area contributed by atoms with Crippen LogP contribution in [0.25, 0.3) is 0 Å². The third kappa shape index (κ3) is 5.11. The number of ether oxygens (including phenoxy) is 3. The van der Waals surface area contributed by atoms with Crippen molar-refractivity contribution in [1.29, 1.82) is 0 Å². The monoisotopic (exact) mass is 344 g/mol. The van der Waals surface area contributed by atoms with E-state index in [1.165, 1.54) is 0 Å². The first kappa shape index (κ1) is 18.0. The van der Waals surface area contributed by atoms with Crippen LogP contribution in [0, 0.1) is 0 Å². The minimum Gasteiger partial charge on any atom is -0.394 e. The number of hydrogen-bond donors (Lipinski definition) is 2. The highest BCUT2D eigenvalue weighted by Crippen LogP contribution is 2.25. The lowest BCUT2D eigenvalue weighted by atomic mass is 10.0. The van der Waals surface area contributed by atoms with Crippen LogP contribution in [0.15, 0.2) is 60.7 Å². The molecule has 1 fully saturated rings. The normalized spacial score (nSPS) is 26.5. The minimum atomic E-state index is -1.07. The van der Waals surface area contributed by atoms with Gasteiger partial charge in [0.15, 0.2) is 6.29 Å². The largest absolute Gasteiger partial charge is 0.394 e. The molecule has 5 heteroatoms. The SMILES string of the molecule is OC[C@H]1O[C@@H](O)[C@H](OCc2ccccc2)C[C@@H]1OCc1ccccc1. The first-order valence-corrected chi connectivity index (χ1v) is 8.51. The average molecular weight is 344 g/mol. The Balaban J connectivity index is 1.57. The van der Waals surface area contributed by atoms with E-state index in [1.807, 2.05) is 60.7 Å². The maximum atomic E-state index is 10.1. The summed E-state index contributed by atoms with van der Waals surface area (Å²) in [5, 5.41) is 19.7. The molecule has 1 saturated heterocycles. The lowest BCUT2D eigenvalue weighted by Gasteiger charge is -2.38. The fourth-order valence-corrected chi connectivity index (χ4v) is 2.89. The van der Waals surface area contributed by atoms with Gasteiger partial charge in [-0.05, 0) is 11.1 Å². The van der Waals surface area contributed by atoms with Gasteiger partial charge in [0.25, 0.3) is 0 Å². The Morgan fingerprint density at radius 2 is 1.36 bits per heavy atom. The van der Waals surface area contributed by atoms with E-state index in [2.05, 4.69) is 0 Å². The molecule has 4 atom stereocenters. The van der Waals surface area contributed by atoms with Gasteiger partial charge in [-0.1, -0.05) is 60.7 Å². The fraction of sp³-hybridized carbons (Fsp3) is 0.400. The van der Waals surface area contributed by atoms with Gasteiger partial charge >= 0.3 is 0 Å². The molecule has 134 valence electrons. The summed E-state index contributed by atoms with van der Waals surface area (Å²) in [5.74, 6) is 0. The summed E-state index contributed by atoms with van der Waals surface area (Å²) in [4.78, 5) is 0. The molecule has 0 amide bonds. The van der Waals surface area contributed by atoms with Crippen LogP contribution in [0.4, 0.5) is 0 Å². The van der Waals surface area contributed by atoms with Crippen LogP contribution in [-0.4, -0.2) is 41.4 Å². The Morgan fingerprint density at radius 3 is 1.88 bits per heavy atom. The smallest absolute Gasteiger partial charge is 0.181 e. The second-order valence-corrected chi connectivity index (χ2v) is 6.15. The molecule has 0 radical (unpaired) electrons. The molecule has 0 bridgehead atoms. The number of hydrogen-bond acceptors (Lipinski definition) is 5. The van der Waals surface area contributed by atoms with Gasteiger partial charge in [0.05, 0.1) is 25.9 Å². The molecule has 1 aliphatic heterocycles. The molecule has 0 saturated carbocycles. The van der Waals surface area contributed by atoms with E-state index in [0.29, 0.717) is 19.6 Å². The maximum Gasteiger partial charge on any atom is 0.181 e. The fourth-order valence-electron chi connectivity index (χ4n) is 2.89. The van der Waals surface area contributed by atoms with Crippen molar-refractivity contribution in [3.63, 3.8) is 0 Å². The van der Waals surface area contributed by atoms with E-state index in [1.54, 1.807) is 0 Å². The summed E-state index contributed by atoms with van der Waals surface area (Å²) >= 11 is 0. The van der Waals surface area contributed by atoms with E-state index < -0.39 is 18.5 Å². The maximum absolute atomic E-state index is 10.1. The Kier molecular flexibility index (Phi) is 6.55. The van der Waals surface area contributed by atoms with Crippen LogP contribution in [-0.2, 0) is 27.4 Å². The van der Waals surface area contributed by atoms with E-state index in [0.717, 1.165) is 11.1 Å². The summed E-state index contributed by atoms with van der Waals surface area (Å²) in [7, 11) is 0. The van der Waals surface area contributed by atoms with Crippen LogP contribution in [0.1, 0.15) is 17.5 Å². The molecule has 0 spiro atoms. The van der Waals surface area contributed by atoms with Crippen molar-refractivity contribution >= 4 is 0 Å². The van der Waals surface area contributed by atoms with Crippen molar-refractivity contribution in [3.05, 3.63) is 71.8 Å². The van der Waals surface area contributed by atoms with Crippen molar-refractivity contribution in [2.45, 2.75) is 44.2 Å². The van der Waals surface area contributed by atoms with Crippen molar-refractivity contribution in [3.8, 4) is 0 Å². The molecule has 0 aliphatic carbocycles. The molecule has 1 heterocycles. The van der Waals surface area contributed by atoms with Crippen LogP contribution in [0.3, 0.4) is 0 Å². The van der Waals surface area contributed by atoms with Crippen molar-refractivity contribution < 1.29 is 24.4 Å². The van der Waals surface area contributed by atoms with E-state index >= 15 is 0 Å². The lowest BCUT2D eigenvalue weighted by molar-refractivity contribution is -0.272. The molecular formula is C20H24O5. The van der Waals surface area contributed by atoms with E-state index in [4.69, 9.17) is 14.2 Å². The number of aliphatic hydroxyl groups is 2. The molecule has 5 nitrogen and oxygen atoms in total. The Labute approximate surface area is 147 Å². The van der Waals surface area contributed by atoms with Gasteiger partial charge in [0.2, 0.25) is 0 Å². The third-order valence-corrected chi connectivity index (χ3v) is 4.31. The molecule has 0 aromatic heterocycles. The average Bonchev–Trinajstić information content (AvgIpc) is 2.67. The first-order valence-electron chi connectivity index (χ1n) is 8.51. The Bertz CT molecular complexity index is 618. The van der Waals surface area contributed by atoms with Gasteiger partial charge in [-0.2, -0.15) is 0 Å². The molecule has 0 unspecified atom stereocenters. The van der Waals surface area contributed by atoms with Gasteiger partial charge in [-0.3, -0.25) is 0 Å². The van der Waals surface area contributed by atoms with Gasteiger partial charge in [0.1, 0.15) is 12.2 Å². The Morgan fingerprint density at radius 1 is 0.840 bits per heavy atom. The van der Waals surface area contributed by atoms with Crippen LogP contribution in [0.5, 0.6) is 0 Å². The second-order valence-electron chi connectivity index (χ2n) is 6.15. The van der Waals surface area contributed by atoms with Gasteiger partial charge in [-0.25, -0.2) is 0 Å². The molecule has 2 aromatic rings. The zero-order valence-corrected chi connectivity index (χ0v) is 14.0. The highest BCUT2D eigenvalue weighted by molar-refractivity contribution is 5.14. The molecule has 25 heavy (non-hydrogen) atoms. The standard InChI is InChI=1S/C20H24O5/c21-12-19-17(23-13-15-7-3-1-4-8-15)11-18(20(22)25-19)24-14-16-9-5-2-6-10-16/h1-10,17-22H,11-14H2/t17-,18+,19+,20+/m0/s1. The molecule has 2 aromatic carbocycles. The first-order chi connectivity index (χ1) is 12.3. The van der Waals surface area contributed by atoms with Crippen LogP contribution in [0.2, 0.25) is 0 Å². The molecular weight excluding hydrogens is 320 g/mol. The Hall–Kier alpha value is -1.76. The number of benzene rings is 2. The van der Waals surface area contributed by atoms with Gasteiger partial charge < -0.3 is 24.4 Å². The summed E-state index contributed by atoms with van der Waals surface area (Å²) in [6, 6.07) is 19.6. The number of rotatable bonds is 7. The molecule has 3 rings (SSSR count). The third-order valence-electron chi connectivity index (χ3n) is 4.31. The van der Waals surface area contributed by atoms with Gasteiger partial charge in [-0.15, -0.1) is 0 Å². The highest BCUT2D eigenvalue weighted by Gasteiger charge is 2.38. The van der Waals surface area contributed by atoms with E-state index in [-0.39, 0.29) is 12.7 Å². The predicted molar refractivity (Wildman–Crippen MR) is 92.6 cm³/mol. The minimum absolute atomic E-state index is 0.206. The van der Waals surface area contributed by atoms with Crippen molar-refractivity contribution in [1.82, 2.24) is 0 Å². The van der Waals surface area contributed by atoms with E-state index in [9.17, 15) is 10.2 Å². The zero-order valence-electron chi connectivity index (χ0n) is 14.0. The molecule has 2 N–H and O–H groups in total. The second kappa shape index (κ2) is 9.08. The van der Waals surface area contributed by atoms with Crippen LogP contribution >= 0.6 is 0 Å². The quantitative estimate of drug-likeness (QED) is 0.806. The zero-order chi connectivity index (χ0) is 17.5. The predicted octanol–water partition coefficient (Wildman–Crippen LogP) is 2.26. The summed E-state index contributed by atoms with van der Waals surface area (Å²) in [5.41, 5.74) is 2.08. The summed E-state index contributed by atoms with van der Waals surface area (Å²) in [6.45, 7) is 0.607. The highest BCUT2D eigenvalue weighted by atomic mass is 16.7. The summed E-state index contributed by atoms with van der Waals surface area (Å²) < 4.78 is 17.2. The topological polar surface area (TPSA) is 68.2 Å². The molecule has 1 aliphatic rings.